The van der Waals surface area contributed by atoms with Gasteiger partial charge in [0.25, 0.3) is 0 Å². The van der Waals surface area contributed by atoms with Crippen LogP contribution >= 0.6 is 0 Å². The van der Waals surface area contributed by atoms with Gasteiger partial charge in [0.15, 0.2) is 0 Å². The average molecular weight is 405 g/mol. The first-order valence-electron chi connectivity index (χ1n) is 12.0. The normalized spacial score (nSPS) is 15.8. The summed E-state index contributed by atoms with van der Waals surface area (Å²) in [4.78, 5) is 4.56. The van der Waals surface area contributed by atoms with Gasteiger partial charge >= 0.3 is 0 Å². The highest BCUT2D eigenvalue weighted by Gasteiger charge is 2.11. The Morgan fingerprint density at radius 3 is 2.27 bits per heavy atom. The molecule has 0 aliphatic rings. The summed E-state index contributed by atoms with van der Waals surface area (Å²) in [6.45, 7) is 4.76. The van der Waals surface area contributed by atoms with Gasteiger partial charge in [0.1, 0.15) is 17.8 Å². The molecule has 0 amide bonds. The topological polar surface area (TPSA) is 36.3 Å². The van der Waals surface area contributed by atoms with Crippen LogP contribution in [0.3, 0.4) is 0 Å². The van der Waals surface area contributed by atoms with Crippen molar-refractivity contribution < 1.29 is 15.0 Å². The Balaban J connectivity index is 1.66. The van der Waals surface area contributed by atoms with Crippen LogP contribution in [-0.2, 0) is 0 Å². The summed E-state index contributed by atoms with van der Waals surface area (Å²) >= 11 is 0. The summed E-state index contributed by atoms with van der Waals surface area (Å²) in [5.41, 5.74) is 6.00. The minimum atomic E-state index is -2.56. The molecular weight excluding hydrogens is 372 g/mol. The van der Waals surface area contributed by atoms with Crippen LogP contribution < -0.4 is 9.47 Å². The first-order valence-corrected chi connectivity index (χ1v) is 9.99. The monoisotopic (exact) mass is 404 g/mol. The van der Waals surface area contributed by atoms with Crippen molar-refractivity contribution in [1.29, 1.82) is 0 Å². The molecule has 0 saturated heterocycles. The summed E-state index contributed by atoms with van der Waals surface area (Å²) in [6.07, 6.45) is -0.142. The van der Waals surface area contributed by atoms with Gasteiger partial charge < -0.3 is 9.47 Å². The fourth-order valence-corrected chi connectivity index (χ4v) is 3.51. The highest BCUT2D eigenvalue weighted by Crippen LogP contribution is 2.31. The smallest absolute Gasteiger partial charge is 0.119 e. The predicted molar refractivity (Wildman–Crippen MR) is 123 cm³/mol. The third-order valence-corrected chi connectivity index (χ3v) is 4.82. The van der Waals surface area contributed by atoms with E-state index in [-0.39, 0.29) is 6.10 Å². The molecule has 0 spiro atoms. The lowest BCUT2D eigenvalue weighted by Crippen LogP contribution is -2.05. The molecule has 0 fully saturated rings. The SMILES string of the molecule is [2H]C([2H])([2H])C([2H])(C)Oc1ccc(-n2cnc3cc(C)c(-c4ccc(OC(C)C)cc4)cc32)cc1. The number of fused-ring (bicyclic) bond motifs is 1. The molecular formula is C26H28N2O2. The summed E-state index contributed by atoms with van der Waals surface area (Å²) in [6, 6.07) is 19.2. The number of benzene rings is 3. The van der Waals surface area contributed by atoms with Gasteiger partial charge in [-0.15, -0.1) is 0 Å². The summed E-state index contributed by atoms with van der Waals surface area (Å²) in [7, 11) is 0. The minimum Gasteiger partial charge on any atom is -0.491 e. The summed E-state index contributed by atoms with van der Waals surface area (Å²) in [5.74, 6) is 1.16. The lowest BCUT2D eigenvalue weighted by atomic mass is 9.99. The second kappa shape index (κ2) is 8.23. The maximum atomic E-state index is 7.98. The largest absolute Gasteiger partial charge is 0.491 e. The van der Waals surface area contributed by atoms with Crippen molar-refractivity contribution in [2.24, 2.45) is 0 Å². The molecule has 0 aliphatic heterocycles. The van der Waals surface area contributed by atoms with Gasteiger partial charge in [0, 0.05) is 9.80 Å². The number of nitrogens with zero attached hydrogens (tertiary/aromatic N) is 2. The van der Waals surface area contributed by atoms with Crippen LogP contribution in [0, 0.1) is 6.92 Å². The zero-order valence-electron chi connectivity index (χ0n) is 21.6. The first-order chi connectivity index (χ1) is 15.9. The minimum absolute atomic E-state index is 0.124. The molecule has 1 atom stereocenters. The van der Waals surface area contributed by atoms with Crippen molar-refractivity contribution in [2.45, 2.75) is 46.7 Å². The fraction of sp³-hybridized carbons (Fsp3) is 0.269. The van der Waals surface area contributed by atoms with E-state index in [1.807, 2.05) is 42.7 Å². The average Bonchev–Trinajstić information content (AvgIpc) is 3.15. The maximum absolute atomic E-state index is 7.98. The van der Waals surface area contributed by atoms with Crippen molar-refractivity contribution in [1.82, 2.24) is 9.55 Å². The second-order valence-electron chi connectivity index (χ2n) is 7.61. The Kier molecular flexibility index (Phi) is 4.27. The van der Waals surface area contributed by atoms with Crippen molar-refractivity contribution in [3.05, 3.63) is 72.6 Å². The van der Waals surface area contributed by atoms with Gasteiger partial charge in [-0.2, -0.15) is 0 Å². The molecule has 30 heavy (non-hydrogen) atoms. The molecule has 4 heteroatoms. The number of hydrogen-bond acceptors (Lipinski definition) is 3. The molecule has 1 aromatic heterocycles. The number of ether oxygens (including phenoxy) is 2. The van der Waals surface area contributed by atoms with Crippen LogP contribution in [0.1, 0.15) is 38.7 Å². The van der Waals surface area contributed by atoms with Crippen LogP contribution in [0.4, 0.5) is 0 Å². The van der Waals surface area contributed by atoms with Crippen LogP contribution in [0.25, 0.3) is 27.8 Å². The summed E-state index contributed by atoms with van der Waals surface area (Å²) < 4.78 is 43.6. The van der Waals surface area contributed by atoms with Crippen molar-refractivity contribution in [2.75, 3.05) is 0 Å². The fourth-order valence-electron chi connectivity index (χ4n) is 3.51. The van der Waals surface area contributed by atoms with Gasteiger partial charge in [-0.05, 0) is 99.8 Å². The third kappa shape index (κ3) is 4.18. The Labute approximate surface area is 183 Å². The maximum Gasteiger partial charge on any atom is 0.119 e. The molecule has 4 nitrogen and oxygen atoms in total. The molecule has 3 aromatic carbocycles. The van der Waals surface area contributed by atoms with Crippen molar-refractivity contribution in [3.63, 3.8) is 0 Å². The van der Waals surface area contributed by atoms with Crippen LogP contribution in [0.5, 0.6) is 11.5 Å². The van der Waals surface area contributed by atoms with Crippen LogP contribution in [-0.4, -0.2) is 21.7 Å². The van der Waals surface area contributed by atoms with Gasteiger partial charge in [-0.3, -0.25) is 4.57 Å². The molecule has 0 radical (unpaired) electrons. The van der Waals surface area contributed by atoms with E-state index in [0.717, 1.165) is 39.2 Å². The van der Waals surface area contributed by atoms with Crippen LogP contribution in [0.2, 0.25) is 0 Å². The molecule has 4 aromatic rings. The molecule has 0 aliphatic carbocycles. The number of hydrogen-bond donors (Lipinski definition) is 0. The molecule has 0 saturated carbocycles. The van der Waals surface area contributed by atoms with Crippen LogP contribution in [0.15, 0.2) is 67.0 Å². The predicted octanol–water partition coefficient (Wildman–Crippen LogP) is 6.58. The standard InChI is InChI=1S/C26H28N2O2/c1-17(2)29-22-10-6-20(7-11-22)24-15-26-25(14-19(24)5)27-16-28(26)21-8-12-23(13-9-21)30-18(3)4/h6-18H,1-5H3/i3D3,18D. The highest BCUT2D eigenvalue weighted by molar-refractivity contribution is 5.85. The Hall–Kier alpha value is -3.27. The zero-order chi connectivity index (χ0) is 24.7. The van der Waals surface area contributed by atoms with E-state index in [4.69, 9.17) is 15.0 Å². The second-order valence-corrected chi connectivity index (χ2v) is 7.61. The third-order valence-electron chi connectivity index (χ3n) is 4.82. The Morgan fingerprint density at radius 2 is 1.60 bits per heavy atom. The van der Waals surface area contributed by atoms with Crippen molar-refractivity contribution in [3.8, 4) is 28.3 Å². The van der Waals surface area contributed by atoms with E-state index >= 15 is 0 Å². The molecule has 1 unspecified atom stereocenters. The number of rotatable bonds is 6. The molecule has 154 valence electrons. The van der Waals surface area contributed by atoms with Gasteiger partial charge in [0.05, 0.1) is 24.6 Å². The zero-order valence-corrected chi connectivity index (χ0v) is 17.6. The molecule has 0 N–H and O–H groups in total. The van der Waals surface area contributed by atoms with Crippen molar-refractivity contribution >= 4 is 11.0 Å². The lowest BCUT2D eigenvalue weighted by Gasteiger charge is -2.13. The Bertz CT molecular complexity index is 1290. The molecule has 1 heterocycles. The van der Waals surface area contributed by atoms with Gasteiger partial charge in [-0.1, -0.05) is 12.1 Å². The summed E-state index contributed by atoms with van der Waals surface area (Å²) in [5, 5.41) is 0. The van der Waals surface area contributed by atoms with E-state index < -0.39 is 12.9 Å². The van der Waals surface area contributed by atoms with E-state index in [1.165, 1.54) is 6.92 Å². The number of aromatic nitrogens is 2. The highest BCUT2D eigenvalue weighted by atomic mass is 16.5. The van der Waals surface area contributed by atoms with E-state index in [9.17, 15) is 0 Å². The van der Waals surface area contributed by atoms with E-state index in [0.29, 0.717) is 5.75 Å². The van der Waals surface area contributed by atoms with E-state index in [2.05, 4.69) is 36.2 Å². The first kappa shape index (κ1) is 15.6. The van der Waals surface area contributed by atoms with Gasteiger partial charge in [-0.25, -0.2) is 4.98 Å². The molecule has 0 bridgehead atoms. The Morgan fingerprint density at radius 1 is 0.933 bits per heavy atom. The van der Waals surface area contributed by atoms with E-state index in [1.54, 1.807) is 18.5 Å². The molecule has 4 rings (SSSR count). The number of imidazole rings is 1. The quantitative estimate of drug-likeness (QED) is 0.364. The lowest BCUT2D eigenvalue weighted by molar-refractivity contribution is 0.242. The van der Waals surface area contributed by atoms with Gasteiger partial charge in [0.2, 0.25) is 0 Å². The number of aryl methyl sites for hydroxylation is 1.